The first kappa shape index (κ1) is 11.5. The van der Waals surface area contributed by atoms with Gasteiger partial charge in [0.25, 0.3) is 6.43 Å². The van der Waals surface area contributed by atoms with Gasteiger partial charge in [-0.3, -0.25) is 0 Å². The molecule has 0 bridgehead atoms. The van der Waals surface area contributed by atoms with E-state index in [-0.39, 0.29) is 23.3 Å². The average molecular weight is 231 g/mol. The predicted octanol–water partition coefficient (Wildman–Crippen LogP) is 3.11. The van der Waals surface area contributed by atoms with Crippen molar-refractivity contribution in [2.24, 2.45) is 0 Å². The summed E-state index contributed by atoms with van der Waals surface area (Å²) in [6, 6.07) is 0. The fourth-order valence-corrected chi connectivity index (χ4v) is 1.84. The standard InChI is InChI=1S/C11H15F2NO2/c1-6(2)8-7(9(12)13)14-10(16-8)11(15)4-3-5-11/h6,9,15H,3-5H2,1-2H3. The summed E-state index contributed by atoms with van der Waals surface area (Å²) in [5, 5.41) is 9.98. The van der Waals surface area contributed by atoms with Crippen LogP contribution in [0.15, 0.2) is 4.42 Å². The van der Waals surface area contributed by atoms with E-state index in [1.54, 1.807) is 13.8 Å². The molecule has 16 heavy (non-hydrogen) atoms. The van der Waals surface area contributed by atoms with Crippen molar-refractivity contribution in [2.45, 2.75) is 51.1 Å². The van der Waals surface area contributed by atoms with Gasteiger partial charge < -0.3 is 9.52 Å². The van der Waals surface area contributed by atoms with Gasteiger partial charge in [0.1, 0.15) is 17.1 Å². The van der Waals surface area contributed by atoms with Gasteiger partial charge in [0.2, 0.25) is 5.89 Å². The summed E-state index contributed by atoms with van der Waals surface area (Å²) < 4.78 is 30.7. The zero-order valence-electron chi connectivity index (χ0n) is 9.33. The van der Waals surface area contributed by atoms with Crippen LogP contribution < -0.4 is 0 Å². The normalized spacial score (nSPS) is 19.2. The molecule has 0 spiro atoms. The van der Waals surface area contributed by atoms with Gasteiger partial charge in [0.15, 0.2) is 0 Å². The number of aliphatic hydroxyl groups is 1. The Morgan fingerprint density at radius 3 is 2.31 bits per heavy atom. The summed E-state index contributed by atoms with van der Waals surface area (Å²) in [5.41, 5.74) is -1.44. The lowest BCUT2D eigenvalue weighted by atomic mass is 9.80. The first-order chi connectivity index (χ1) is 7.44. The third-order valence-electron chi connectivity index (χ3n) is 2.99. The second-order valence-corrected chi connectivity index (χ2v) is 4.61. The number of hydrogen-bond acceptors (Lipinski definition) is 3. The van der Waals surface area contributed by atoms with Crippen LogP contribution in [0.25, 0.3) is 0 Å². The van der Waals surface area contributed by atoms with Crippen molar-refractivity contribution < 1.29 is 18.3 Å². The van der Waals surface area contributed by atoms with Crippen molar-refractivity contribution in [1.29, 1.82) is 0 Å². The van der Waals surface area contributed by atoms with E-state index in [2.05, 4.69) is 4.98 Å². The number of hydrogen-bond donors (Lipinski definition) is 1. The second kappa shape index (κ2) is 3.80. The van der Waals surface area contributed by atoms with Gasteiger partial charge in [-0.25, -0.2) is 13.8 Å². The van der Waals surface area contributed by atoms with Crippen molar-refractivity contribution in [2.75, 3.05) is 0 Å². The number of alkyl halides is 2. The van der Waals surface area contributed by atoms with E-state index in [1.807, 2.05) is 0 Å². The van der Waals surface area contributed by atoms with E-state index in [0.717, 1.165) is 6.42 Å². The highest BCUT2D eigenvalue weighted by Gasteiger charge is 2.42. The summed E-state index contributed by atoms with van der Waals surface area (Å²) in [6.45, 7) is 3.53. The van der Waals surface area contributed by atoms with Crippen LogP contribution in [-0.2, 0) is 5.60 Å². The van der Waals surface area contributed by atoms with Crippen LogP contribution in [0.2, 0.25) is 0 Å². The van der Waals surface area contributed by atoms with Crippen molar-refractivity contribution in [3.05, 3.63) is 17.3 Å². The average Bonchev–Trinajstić information content (AvgIpc) is 2.58. The van der Waals surface area contributed by atoms with Gasteiger partial charge in [-0.2, -0.15) is 0 Å². The molecule has 5 heteroatoms. The Morgan fingerprint density at radius 1 is 1.38 bits per heavy atom. The molecule has 1 aliphatic carbocycles. The molecule has 1 saturated carbocycles. The Bertz CT molecular complexity index is 358. The minimum absolute atomic E-state index is 0.0535. The Balaban J connectivity index is 2.38. The molecule has 0 aliphatic heterocycles. The molecule has 1 aliphatic rings. The fraction of sp³-hybridized carbons (Fsp3) is 0.727. The number of halogens is 2. The van der Waals surface area contributed by atoms with Gasteiger partial charge in [0, 0.05) is 5.92 Å². The summed E-state index contributed by atoms with van der Waals surface area (Å²) in [6.07, 6.45) is -0.708. The lowest BCUT2D eigenvalue weighted by Gasteiger charge is -2.33. The third-order valence-corrected chi connectivity index (χ3v) is 2.99. The van der Waals surface area contributed by atoms with Crippen LogP contribution in [0.1, 0.15) is 62.8 Å². The molecule has 90 valence electrons. The maximum Gasteiger partial charge on any atom is 0.283 e. The summed E-state index contributed by atoms with van der Waals surface area (Å²) in [4.78, 5) is 3.76. The number of oxazole rings is 1. The predicted molar refractivity (Wildman–Crippen MR) is 53.3 cm³/mol. The molecule has 0 aromatic carbocycles. The van der Waals surface area contributed by atoms with Crippen molar-refractivity contribution >= 4 is 0 Å². The van der Waals surface area contributed by atoms with Gasteiger partial charge in [-0.05, 0) is 19.3 Å². The number of nitrogens with zero attached hydrogens (tertiary/aromatic N) is 1. The van der Waals surface area contributed by atoms with E-state index in [9.17, 15) is 13.9 Å². The molecule has 0 radical (unpaired) electrons. The van der Waals surface area contributed by atoms with Crippen LogP contribution in [0.3, 0.4) is 0 Å². The zero-order chi connectivity index (χ0) is 11.9. The van der Waals surface area contributed by atoms with Gasteiger partial charge in [-0.15, -0.1) is 0 Å². The molecule has 1 fully saturated rings. The van der Waals surface area contributed by atoms with Gasteiger partial charge >= 0.3 is 0 Å². The zero-order valence-corrected chi connectivity index (χ0v) is 9.33. The molecule has 1 N–H and O–H groups in total. The van der Waals surface area contributed by atoms with Crippen LogP contribution >= 0.6 is 0 Å². The van der Waals surface area contributed by atoms with Gasteiger partial charge in [-0.1, -0.05) is 13.8 Å². The molecule has 0 amide bonds. The molecule has 0 saturated heterocycles. The Labute approximate surface area is 92.5 Å². The number of rotatable bonds is 3. The van der Waals surface area contributed by atoms with E-state index in [4.69, 9.17) is 4.42 Å². The lowest BCUT2D eigenvalue weighted by Crippen LogP contribution is -2.34. The quantitative estimate of drug-likeness (QED) is 0.869. The minimum atomic E-state index is -2.65. The summed E-state index contributed by atoms with van der Waals surface area (Å²) in [5.74, 6) is 0.0806. The summed E-state index contributed by atoms with van der Waals surface area (Å²) >= 11 is 0. The molecule has 1 aromatic heterocycles. The van der Waals surface area contributed by atoms with Crippen molar-refractivity contribution in [3.8, 4) is 0 Å². The van der Waals surface area contributed by atoms with E-state index in [0.29, 0.717) is 12.8 Å². The third kappa shape index (κ3) is 1.73. The van der Waals surface area contributed by atoms with Crippen LogP contribution in [-0.4, -0.2) is 10.1 Å². The topological polar surface area (TPSA) is 46.3 Å². The van der Waals surface area contributed by atoms with E-state index >= 15 is 0 Å². The largest absolute Gasteiger partial charge is 0.442 e. The van der Waals surface area contributed by atoms with Crippen LogP contribution in [0.5, 0.6) is 0 Å². The first-order valence-electron chi connectivity index (χ1n) is 5.45. The Hall–Kier alpha value is -0.970. The number of aromatic nitrogens is 1. The Kier molecular flexibility index (Phi) is 2.74. The SMILES string of the molecule is CC(C)c1oc(C2(O)CCC2)nc1C(F)F. The molecular formula is C11H15F2NO2. The first-order valence-corrected chi connectivity index (χ1v) is 5.45. The molecule has 1 aromatic rings. The molecule has 0 unspecified atom stereocenters. The molecule has 3 nitrogen and oxygen atoms in total. The maximum absolute atomic E-state index is 12.7. The fourth-order valence-electron chi connectivity index (χ4n) is 1.84. The highest BCUT2D eigenvalue weighted by Crippen LogP contribution is 2.42. The highest BCUT2D eigenvalue weighted by atomic mass is 19.3. The van der Waals surface area contributed by atoms with Crippen molar-refractivity contribution in [3.63, 3.8) is 0 Å². The smallest absolute Gasteiger partial charge is 0.283 e. The highest BCUT2D eigenvalue weighted by molar-refractivity contribution is 5.18. The lowest BCUT2D eigenvalue weighted by molar-refractivity contribution is -0.0619. The van der Waals surface area contributed by atoms with E-state index in [1.165, 1.54) is 0 Å². The maximum atomic E-state index is 12.7. The van der Waals surface area contributed by atoms with Crippen LogP contribution in [0.4, 0.5) is 8.78 Å². The second-order valence-electron chi connectivity index (χ2n) is 4.61. The molecule has 2 rings (SSSR count). The van der Waals surface area contributed by atoms with Gasteiger partial charge in [0.05, 0.1) is 0 Å². The molecular weight excluding hydrogens is 216 g/mol. The molecule has 0 atom stereocenters. The monoisotopic (exact) mass is 231 g/mol. The van der Waals surface area contributed by atoms with E-state index < -0.39 is 12.0 Å². The minimum Gasteiger partial charge on any atom is -0.442 e. The Morgan fingerprint density at radius 2 is 2.00 bits per heavy atom. The van der Waals surface area contributed by atoms with Crippen LogP contribution in [0, 0.1) is 0 Å². The molecule has 1 heterocycles. The van der Waals surface area contributed by atoms with Crippen molar-refractivity contribution in [1.82, 2.24) is 4.98 Å². The summed E-state index contributed by atoms with van der Waals surface area (Å²) in [7, 11) is 0.